The van der Waals surface area contributed by atoms with Crippen LogP contribution in [0.2, 0.25) is 0 Å². The van der Waals surface area contributed by atoms with Crippen LogP contribution in [-0.2, 0) is 14.3 Å². The summed E-state index contributed by atoms with van der Waals surface area (Å²) in [5, 5.41) is 0. The lowest BCUT2D eigenvalue weighted by atomic mass is 10.4. The zero-order chi connectivity index (χ0) is 7.86. The van der Waals surface area contributed by atoms with Crippen LogP contribution in [0.15, 0.2) is 12.2 Å². The van der Waals surface area contributed by atoms with Gasteiger partial charge < -0.3 is 9.53 Å². The Labute approximate surface area is 54.3 Å². The zero-order valence-electron chi connectivity index (χ0n) is 5.64. The fourth-order valence-electron chi connectivity index (χ4n) is 0.174. The Balaban J connectivity index is 0. The molecular weight excluding hydrogens is 120 g/mol. The molecule has 3 nitrogen and oxygen atoms in total. The van der Waals surface area contributed by atoms with E-state index in [-0.39, 0.29) is 5.97 Å². The molecule has 0 aliphatic heterocycles. The van der Waals surface area contributed by atoms with Crippen LogP contribution in [0.4, 0.5) is 0 Å². The van der Waals surface area contributed by atoms with Gasteiger partial charge in [0.25, 0.3) is 0 Å². The molecule has 0 aromatic rings. The molecule has 0 spiro atoms. The first kappa shape index (κ1) is 10.8. The second-order valence-electron chi connectivity index (χ2n) is 1.27. The molecule has 0 heterocycles. The van der Waals surface area contributed by atoms with Crippen LogP contribution in [0.3, 0.4) is 0 Å². The molecule has 0 bridgehead atoms. The molecule has 3 heteroatoms. The van der Waals surface area contributed by atoms with Crippen molar-refractivity contribution in [2.45, 2.75) is 6.92 Å². The van der Waals surface area contributed by atoms with Gasteiger partial charge in [0.05, 0.1) is 7.11 Å². The summed E-state index contributed by atoms with van der Waals surface area (Å²) in [7, 11) is 1.33. The van der Waals surface area contributed by atoms with Gasteiger partial charge in [-0.1, -0.05) is 6.58 Å². The summed E-state index contributed by atoms with van der Waals surface area (Å²) in [5.74, 6) is -0.347. The van der Waals surface area contributed by atoms with E-state index in [1.165, 1.54) is 7.11 Å². The van der Waals surface area contributed by atoms with Crippen molar-refractivity contribution in [1.82, 2.24) is 0 Å². The molecule has 0 aliphatic rings. The highest BCUT2D eigenvalue weighted by atomic mass is 16.5. The Morgan fingerprint density at radius 1 is 1.44 bits per heavy atom. The highest BCUT2D eigenvalue weighted by molar-refractivity contribution is 5.86. The number of methoxy groups -OCH3 is 1. The van der Waals surface area contributed by atoms with E-state index in [0.29, 0.717) is 5.57 Å². The Morgan fingerprint density at radius 2 is 1.78 bits per heavy atom. The minimum Gasteiger partial charge on any atom is -0.466 e. The second-order valence-corrected chi connectivity index (χ2v) is 1.27. The Bertz CT molecular complexity index is 107. The number of esters is 1. The third-order valence-corrected chi connectivity index (χ3v) is 0.534. The lowest BCUT2D eigenvalue weighted by Gasteiger charge is -1.91. The van der Waals surface area contributed by atoms with E-state index in [9.17, 15) is 4.79 Å². The van der Waals surface area contributed by atoms with Crippen molar-refractivity contribution in [3.8, 4) is 0 Å². The number of carbonyl (C=O) groups is 2. The van der Waals surface area contributed by atoms with Gasteiger partial charge in [0, 0.05) is 5.57 Å². The largest absolute Gasteiger partial charge is 0.466 e. The summed E-state index contributed by atoms with van der Waals surface area (Å²) in [4.78, 5) is 18.2. The topological polar surface area (TPSA) is 43.4 Å². The first-order valence-corrected chi connectivity index (χ1v) is 2.21. The molecule has 0 fully saturated rings. The zero-order valence-corrected chi connectivity index (χ0v) is 5.64. The first-order valence-electron chi connectivity index (χ1n) is 2.21. The van der Waals surface area contributed by atoms with Crippen molar-refractivity contribution in [3.05, 3.63) is 12.2 Å². The molecule has 0 unspecified atom stereocenters. The quantitative estimate of drug-likeness (QED) is 0.384. The van der Waals surface area contributed by atoms with E-state index in [4.69, 9.17) is 4.79 Å². The predicted molar refractivity (Wildman–Crippen MR) is 34.0 cm³/mol. The maximum atomic E-state index is 10.2. The van der Waals surface area contributed by atoms with Crippen LogP contribution in [0.5, 0.6) is 0 Å². The molecule has 0 rings (SSSR count). The average Bonchev–Trinajstić information content (AvgIpc) is 1.91. The highest BCUT2D eigenvalue weighted by Crippen LogP contribution is 1.87. The third-order valence-electron chi connectivity index (χ3n) is 0.534. The van der Waals surface area contributed by atoms with E-state index in [0.717, 1.165) is 0 Å². The maximum absolute atomic E-state index is 10.2. The van der Waals surface area contributed by atoms with Gasteiger partial charge in [-0.25, -0.2) is 4.79 Å². The summed E-state index contributed by atoms with van der Waals surface area (Å²) in [6.45, 7) is 6.95. The van der Waals surface area contributed by atoms with Gasteiger partial charge in [-0.2, -0.15) is 0 Å². The Hall–Kier alpha value is -1.12. The second kappa shape index (κ2) is 6.88. The Morgan fingerprint density at radius 3 is 1.78 bits per heavy atom. The third kappa shape index (κ3) is 6.88. The minimum absolute atomic E-state index is 0.347. The molecule has 0 amide bonds. The van der Waals surface area contributed by atoms with Crippen LogP contribution < -0.4 is 0 Å². The molecule has 0 radical (unpaired) electrons. The van der Waals surface area contributed by atoms with Crippen LogP contribution in [0, 0.1) is 0 Å². The summed E-state index contributed by atoms with van der Waals surface area (Å²) < 4.78 is 4.27. The van der Waals surface area contributed by atoms with Crippen molar-refractivity contribution in [3.63, 3.8) is 0 Å². The van der Waals surface area contributed by atoms with Gasteiger partial charge in [-0.05, 0) is 6.92 Å². The number of ether oxygens (including phenoxy) is 1. The smallest absolute Gasteiger partial charge is 0.332 e. The molecular formula is C6H10O3. The van der Waals surface area contributed by atoms with Crippen molar-refractivity contribution in [2.24, 2.45) is 0 Å². The standard InChI is InChI=1S/C5H8O2.CH2O/c1-4(2)5(6)7-3;1-2/h1H2,2-3H3;1H2. The van der Waals surface area contributed by atoms with E-state index in [1.807, 2.05) is 6.79 Å². The maximum Gasteiger partial charge on any atom is 0.332 e. The minimum atomic E-state index is -0.347. The number of rotatable bonds is 1. The molecule has 0 aromatic heterocycles. The van der Waals surface area contributed by atoms with E-state index in [2.05, 4.69) is 11.3 Å². The van der Waals surface area contributed by atoms with Gasteiger partial charge in [-0.15, -0.1) is 0 Å². The molecule has 0 N–H and O–H groups in total. The van der Waals surface area contributed by atoms with Crippen molar-refractivity contribution in [1.29, 1.82) is 0 Å². The fourth-order valence-corrected chi connectivity index (χ4v) is 0.174. The van der Waals surface area contributed by atoms with E-state index in [1.54, 1.807) is 6.92 Å². The van der Waals surface area contributed by atoms with Crippen molar-refractivity contribution < 1.29 is 14.3 Å². The van der Waals surface area contributed by atoms with Crippen molar-refractivity contribution in [2.75, 3.05) is 7.11 Å². The van der Waals surface area contributed by atoms with Gasteiger partial charge in [-0.3, -0.25) is 0 Å². The van der Waals surface area contributed by atoms with Crippen LogP contribution in [-0.4, -0.2) is 19.9 Å². The molecule has 0 aromatic carbocycles. The highest BCUT2D eigenvalue weighted by Gasteiger charge is 1.95. The lowest BCUT2D eigenvalue weighted by Crippen LogP contribution is -1.98. The van der Waals surface area contributed by atoms with E-state index >= 15 is 0 Å². The van der Waals surface area contributed by atoms with Gasteiger partial charge >= 0.3 is 5.97 Å². The number of carbonyl (C=O) groups excluding carboxylic acids is 2. The molecule has 0 atom stereocenters. The van der Waals surface area contributed by atoms with Crippen molar-refractivity contribution >= 4 is 12.8 Å². The molecule has 52 valence electrons. The summed E-state index contributed by atoms with van der Waals surface area (Å²) in [5.41, 5.74) is 0.433. The van der Waals surface area contributed by atoms with Gasteiger partial charge in [0.15, 0.2) is 0 Å². The SMILES string of the molecule is C=C(C)C(=O)OC.C=O. The summed E-state index contributed by atoms with van der Waals surface area (Å²) >= 11 is 0. The summed E-state index contributed by atoms with van der Waals surface area (Å²) in [6, 6.07) is 0. The molecule has 0 aliphatic carbocycles. The normalized spacial score (nSPS) is 6.44. The summed E-state index contributed by atoms with van der Waals surface area (Å²) in [6.07, 6.45) is 0. The van der Waals surface area contributed by atoms with Gasteiger partial charge in [0.1, 0.15) is 6.79 Å². The van der Waals surface area contributed by atoms with E-state index < -0.39 is 0 Å². The number of hydrogen-bond donors (Lipinski definition) is 0. The Kier molecular flexibility index (Phi) is 8.25. The van der Waals surface area contributed by atoms with Gasteiger partial charge in [0.2, 0.25) is 0 Å². The molecule has 9 heavy (non-hydrogen) atoms. The van der Waals surface area contributed by atoms with Crippen LogP contribution in [0.25, 0.3) is 0 Å². The van der Waals surface area contributed by atoms with Crippen LogP contribution >= 0.6 is 0 Å². The molecule has 0 saturated heterocycles. The average molecular weight is 130 g/mol. The first-order chi connectivity index (χ1) is 4.18. The lowest BCUT2D eigenvalue weighted by molar-refractivity contribution is -0.136. The van der Waals surface area contributed by atoms with Crippen LogP contribution in [0.1, 0.15) is 6.92 Å². The monoisotopic (exact) mass is 130 g/mol. The predicted octanol–water partition coefficient (Wildman–Crippen LogP) is 0.551. The fraction of sp³-hybridized carbons (Fsp3) is 0.333. The molecule has 0 saturated carbocycles. The number of hydrogen-bond acceptors (Lipinski definition) is 3.